The fourth-order valence-corrected chi connectivity index (χ4v) is 3.39. The largest absolute Gasteiger partial charge is 0.454 e. The molecule has 2 N–H and O–H groups in total. The third-order valence-electron chi connectivity index (χ3n) is 4.52. The molecule has 0 bridgehead atoms. The number of rotatable bonds is 2. The van der Waals surface area contributed by atoms with E-state index in [9.17, 15) is 0 Å². The van der Waals surface area contributed by atoms with Gasteiger partial charge in [-0.2, -0.15) is 5.10 Å². The fourth-order valence-electron chi connectivity index (χ4n) is 3.39. The molecule has 2 heterocycles. The molecular formula is C16H19N3O2. The molecule has 5 nitrogen and oxygen atoms in total. The Bertz CT molecular complexity index is 687. The molecule has 21 heavy (non-hydrogen) atoms. The third-order valence-corrected chi connectivity index (χ3v) is 4.52. The summed E-state index contributed by atoms with van der Waals surface area (Å²) in [6.07, 6.45) is 4.96. The maximum atomic E-state index is 6.28. The Hall–Kier alpha value is -2.17. The van der Waals surface area contributed by atoms with E-state index in [0.29, 0.717) is 5.92 Å². The molecule has 1 aromatic heterocycles. The van der Waals surface area contributed by atoms with Crippen molar-refractivity contribution in [2.45, 2.75) is 31.6 Å². The minimum atomic E-state index is 0.288. The first-order chi connectivity index (χ1) is 10.2. The number of nitrogens with zero attached hydrogens (tertiary/aromatic N) is 2. The van der Waals surface area contributed by atoms with Gasteiger partial charge in [-0.05, 0) is 30.5 Å². The summed E-state index contributed by atoms with van der Waals surface area (Å²) in [5.41, 5.74) is 9.53. The second kappa shape index (κ2) is 4.69. The first-order valence-electron chi connectivity index (χ1n) is 7.46. The number of ether oxygens (including phenoxy) is 2. The van der Waals surface area contributed by atoms with Crippen LogP contribution in [0.2, 0.25) is 0 Å². The normalized spacial score (nSPS) is 17.6. The standard InChI is InChI=1S/C16H19N3O2/c1-19-16(17)14(15(18-19)10-4-2-3-5-10)11-6-7-12-13(8-11)21-9-20-12/h6-8,10H,2-5,9,17H2,1H3. The Morgan fingerprint density at radius 3 is 2.76 bits per heavy atom. The van der Waals surface area contributed by atoms with Crippen LogP contribution in [0, 0.1) is 0 Å². The molecule has 2 aromatic rings. The van der Waals surface area contributed by atoms with Gasteiger partial charge >= 0.3 is 0 Å². The van der Waals surface area contributed by atoms with Gasteiger partial charge in [-0.25, -0.2) is 0 Å². The number of nitrogen functional groups attached to an aromatic ring is 1. The van der Waals surface area contributed by atoms with Crippen molar-refractivity contribution in [1.82, 2.24) is 9.78 Å². The summed E-state index contributed by atoms with van der Waals surface area (Å²) in [5, 5.41) is 4.68. The Morgan fingerprint density at radius 1 is 1.19 bits per heavy atom. The summed E-state index contributed by atoms with van der Waals surface area (Å²) < 4.78 is 12.6. The zero-order valence-electron chi connectivity index (χ0n) is 12.1. The van der Waals surface area contributed by atoms with Crippen molar-refractivity contribution in [3.05, 3.63) is 23.9 Å². The van der Waals surface area contributed by atoms with E-state index in [1.165, 1.54) is 25.7 Å². The zero-order chi connectivity index (χ0) is 14.4. The van der Waals surface area contributed by atoms with E-state index < -0.39 is 0 Å². The molecule has 1 aliphatic carbocycles. The van der Waals surface area contributed by atoms with Gasteiger partial charge in [-0.1, -0.05) is 18.9 Å². The van der Waals surface area contributed by atoms with Gasteiger partial charge in [0, 0.05) is 18.5 Å². The van der Waals surface area contributed by atoms with E-state index in [2.05, 4.69) is 5.10 Å². The maximum absolute atomic E-state index is 6.28. The summed E-state index contributed by atoms with van der Waals surface area (Å²) in [5.74, 6) is 2.82. The first-order valence-corrected chi connectivity index (χ1v) is 7.46. The van der Waals surface area contributed by atoms with Crippen LogP contribution in [0.5, 0.6) is 11.5 Å². The number of anilines is 1. The highest BCUT2D eigenvalue weighted by Gasteiger charge is 2.27. The van der Waals surface area contributed by atoms with Crippen LogP contribution in [0.15, 0.2) is 18.2 Å². The molecule has 1 aromatic carbocycles. The molecule has 0 saturated heterocycles. The van der Waals surface area contributed by atoms with Gasteiger partial charge in [0.05, 0.1) is 5.69 Å². The minimum Gasteiger partial charge on any atom is -0.454 e. The molecule has 2 aliphatic rings. The number of benzene rings is 1. The lowest BCUT2D eigenvalue weighted by Crippen LogP contribution is -1.98. The van der Waals surface area contributed by atoms with E-state index in [0.717, 1.165) is 34.1 Å². The van der Waals surface area contributed by atoms with Crippen LogP contribution in [0.25, 0.3) is 11.1 Å². The van der Waals surface area contributed by atoms with Crippen molar-refractivity contribution in [2.24, 2.45) is 7.05 Å². The van der Waals surface area contributed by atoms with E-state index in [-0.39, 0.29) is 6.79 Å². The second-order valence-corrected chi connectivity index (χ2v) is 5.82. The van der Waals surface area contributed by atoms with Crippen LogP contribution >= 0.6 is 0 Å². The topological polar surface area (TPSA) is 62.3 Å². The SMILES string of the molecule is Cn1nc(C2CCCC2)c(-c2ccc3c(c2)OCO3)c1N. The Morgan fingerprint density at radius 2 is 1.95 bits per heavy atom. The number of nitrogens with two attached hydrogens (primary N) is 1. The van der Waals surface area contributed by atoms with Crippen LogP contribution < -0.4 is 15.2 Å². The van der Waals surface area contributed by atoms with E-state index >= 15 is 0 Å². The Kier molecular flexibility index (Phi) is 2.80. The number of hydrogen-bond donors (Lipinski definition) is 1. The van der Waals surface area contributed by atoms with Crippen LogP contribution in [-0.4, -0.2) is 16.6 Å². The summed E-state index contributed by atoms with van der Waals surface area (Å²) in [4.78, 5) is 0. The first kappa shape index (κ1) is 12.6. The predicted octanol–water partition coefficient (Wildman–Crippen LogP) is 3.06. The summed E-state index contributed by atoms with van der Waals surface area (Å²) in [7, 11) is 1.91. The van der Waals surface area contributed by atoms with Crippen molar-refractivity contribution in [2.75, 3.05) is 12.5 Å². The molecule has 0 amide bonds. The van der Waals surface area contributed by atoms with E-state index in [1.54, 1.807) is 4.68 Å². The smallest absolute Gasteiger partial charge is 0.231 e. The van der Waals surface area contributed by atoms with Crippen molar-refractivity contribution in [3.8, 4) is 22.6 Å². The highest BCUT2D eigenvalue weighted by atomic mass is 16.7. The van der Waals surface area contributed by atoms with Gasteiger partial charge in [0.2, 0.25) is 6.79 Å². The summed E-state index contributed by atoms with van der Waals surface area (Å²) in [6.45, 7) is 0.288. The van der Waals surface area contributed by atoms with Crippen molar-refractivity contribution in [1.29, 1.82) is 0 Å². The number of hydrogen-bond acceptors (Lipinski definition) is 4. The molecule has 5 heteroatoms. The lowest BCUT2D eigenvalue weighted by atomic mass is 9.95. The van der Waals surface area contributed by atoms with Gasteiger partial charge in [0.15, 0.2) is 11.5 Å². The minimum absolute atomic E-state index is 0.288. The van der Waals surface area contributed by atoms with Crippen LogP contribution in [0.4, 0.5) is 5.82 Å². The molecule has 0 atom stereocenters. The average Bonchev–Trinajstić information content (AvgIpc) is 3.20. The van der Waals surface area contributed by atoms with Crippen LogP contribution in [-0.2, 0) is 7.05 Å². The quantitative estimate of drug-likeness (QED) is 0.921. The fraction of sp³-hybridized carbons (Fsp3) is 0.438. The van der Waals surface area contributed by atoms with Crippen molar-refractivity contribution >= 4 is 5.82 Å². The third kappa shape index (κ3) is 1.95. The number of aryl methyl sites for hydroxylation is 1. The predicted molar refractivity (Wildman–Crippen MR) is 80.4 cm³/mol. The van der Waals surface area contributed by atoms with Gasteiger partial charge in [0.25, 0.3) is 0 Å². The van der Waals surface area contributed by atoms with Gasteiger partial charge in [0.1, 0.15) is 5.82 Å². The van der Waals surface area contributed by atoms with Gasteiger partial charge in [-0.3, -0.25) is 4.68 Å². The molecule has 110 valence electrons. The molecule has 4 rings (SSSR count). The van der Waals surface area contributed by atoms with Gasteiger partial charge in [-0.15, -0.1) is 0 Å². The zero-order valence-corrected chi connectivity index (χ0v) is 12.1. The molecule has 1 aliphatic heterocycles. The van der Waals surface area contributed by atoms with Crippen LogP contribution in [0.3, 0.4) is 0 Å². The van der Waals surface area contributed by atoms with Crippen LogP contribution in [0.1, 0.15) is 37.3 Å². The Balaban J connectivity index is 1.83. The number of fused-ring (bicyclic) bond motifs is 1. The second-order valence-electron chi connectivity index (χ2n) is 5.82. The molecular weight excluding hydrogens is 266 g/mol. The van der Waals surface area contributed by atoms with E-state index in [4.69, 9.17) is 15.2 Å². The lowest BCUT2D eigenvalue weighted by Gasteiger charge is -2.10. The summed E-state index contributed by atoms with van der Waals surface area (Å²) in [6, 6.07) is 6.00. The average molecular weight is 285 g/mol. The van der Waals surface area contributed by atoms with Crippen molar-refractivity contribution in [3.63, 3.8) is 0 Å². The molecule has 1 saturated carbocycles. The van der Waals surface area contributed by atoms with E-state index in [1.807, 2.05) is 25.2 Å². The molecule has 0 unspecified atom stereocenters. The van der Waals surface area contributed by atoms with Crippen molar-refractivity contribution < 1.29 is 9.47 Å². The molecule has 1 fully saturated rings. The van der Waals surface area contributed by atoms with Gasteiger partial charge < -0.3 is 15.2 Å². The number of aromatic nitrogens is 2. The summed E-state index contributed by atoms with van der Waals surface area (Å²) >= 11 is 0. The molecule has 0 spiro atoms. The lowest BCUT2D eigenvalue weighted by molar-refractivity contribution is 0.174. The monoisotopic (exact) mass is 285 g/mol. The molecule has 0 radical (unpaired) electrons. The highest BCUT2D eigenvalue weighted by molar-refractivity contribution is 5.79. The maximum Gasteiger partial charge on any atom is 0.231 e. The highest BCUT2D eigenvalue weighted by Crippen LogP contribution is 2.43. The Labute approximate surface area is 123 Å².